The maximum atomic E-state index is 2.46. The first kappa shape index (κ1) is 67.4. The number of fused-ring (bicyclic) bond motifs is 12. The molecular weight excluding hydrogens is 1150 g/mol. The van der Waals surface area contributed by atoms with Crippen LogP contribution < -0.4 is 0 Å². The monoisotopic (exact) mass is 1260 g/mol. The van der Waals surface area contributed by atoms with E-state index >= 15 is 0 Å². The van der Waals surface area contributed by atoms with E-state index in [0.29, 0.717) is 0 Å². The number of rotatable bonds is 13. The van der Waals surface area contributed by atoms with Crippen LogP contribution in [-0.4, -0.2) is 0 Å². The lowest BCUT2D eigenvalue weighted by Crippen LogP contribution is -2.29. The molecular formula is C96H104. The first-order chi connectivity index (χ1) is 46.1. The van der Waals surface area contributed by atoms with Crippen LogP contribution in [0.5, 0.6) is 0 Å². The van der Waals surface area contributed by atoms with Crippen molar-refractivity contribution in [1.29, 1.82) is 0 Å². The van der Waals surface area contributed by atoms with Crippen molar-refractivity contribution in [2.45, 2.75) is 197 Å². The van der Waals surface area contributed by atoms with Gasteiger partial charge in [0.2, 0.25) is 0 Å². The molecule has 0 aromatic heterocycles. The van der Waals surface area contributed by atoms with Crippen molar-refractivity contribution in [2.75, 3.05) is 0 Å². The zero-order valence-electron chi connectivity index (χ0n) is 60.9. The molecule has 0 spiro atoms. The Hall–Kier alpha value is -8.58. The number of hydrogen-bond acceptors (Lipinski definition) is 0. The molecule has 11 aromatic rings. The first-order valence-electron chi connectivity index (χ1n) is 36.2. The standard InChI is InChI=1S/C29H26.C28H32.C22H28.C17H18/c1-19-7-5-9-23(15-19)29(24-10-6-8-20(2)16-24)27-17-21(3)11-13-25(27)26-14-12-22(4)18-28(26)29;1-5-6-7-8-16-28(23-11-9-10-20(2)17-23)26-18-21(3)12-14-24(26)25-15-13-22(4)19-27(25)28;1-5-6-7-8-13-22(4)20-14-16(2)9-11-18(20)19-12-10-17(3)15-21(19)22;1-11-5-7-13-14-8-6-12(2)10-16(14)17(3,4)15(13)9-11/h5-18H,1-4H3;9-15,17-19H,5-8,16H2,1-4H3;9-12,14-15H,5-8,13H2,1-4H3;5-10H,1-4H3. The lowest BCUT2D eigenvalue weighted by atomic mass is 9.67. The number of benzene rings is 11. The quantitative estimate of drug-likeness (QED) is 0.101. The molecule has 0 saturated heterocycles. The molecule has 0 radical (unpaired) electrons. The van der Waals surface area contributed by atoms with Crippen LogP contribution >= 0.6 is 0 Å². The van der Waals surface area contributed by atoms with E-state index < -0.39 is 0 Å². The summed E-state index contributed by atoms with van der Waals surface area (Å²) in [6.07, 6.45) is 13.0. The van der Waals surface area contributed by atoms with Crippen LogP contribution in [0, 0.1) is 76.2 Å². The molecule has 96 heavy (non-hydrogen) atoms. The highest BCUT2D eigenvalue weighted by Gasteiger charge is 2.48. The van der Waals surface area contributed by atoms with E-state index in [-0.39, 0.29) is 21.7 Å². The predicted molar refractivity (Wildman–Crippen MR) is 414 cm³/mol. The predicted octanol–water partition coefficient (Wildman–Crippen LogP) is 26.4. The van der Waals surface area contributed by atoms with Crippen LogP contribution in [-0.2, 0) is 21.7 Å². The first-order valence-corrected chi connectivity index (χ1v) is 36.2. The van der Waals surface area contributed by atoms with Crippen LogP contribution in [0.25, 0.3) is 44.5 Å². The highest BCUT2D eigenvalue weighted by Crippen LogP contribution is 2.59. The van der Waals surface area contributed by atoms with Gasteiger partial charge in [-0.2, -0.15) is 0 Å². The van der Waals surface area contributed by atoms with Gasteiger partial charge in [-0.25, -0.2) is 0 Å². The van der Waals surface area contributed by atoms with Gasteiger partial charge >= 0.3 is 0 Å². The van der Waals surface area contributed by atoms with E-state index in [0.717, 1.165) is 0 Å². The summed E-state index contributed by atoms with van der Waals surface area (Å²) in [6, 6.07) is 83.1. The molecule has 4 aliphatic rings. The minimum Gasteiger partial charge on any atom is -0.0654 e. The normalized spacial score (nSPS) is 14.4. The number of aryl methyl sites for hydroxylation is 11. The maximum Gasteiger partial charge on any atom is 0.0713 e. The molecule has 0 aliphatic heterocycles. The Kier molecular flexibility index (Phi) is 19.3. The molecule has 15 rings (SSSR count). The summed E-state index contributed by atoms with van der Waals surface area (Å²) < 4.78 is 0. The molecule has 0 amide bonds. The van der Waals surface area contributed by atoms with Gasteiger partial charge in [0.15, 0.2) is 0 Å². The molecule has 0 saturated carbocycles. The molecule has 0 bridgehead atoms. The van der Waals surface area contributed by atoms with Gasteiger partial charge in [0, 0.05) is 16.2 Å². The fourth-order valence-electron chi connectivity index (χ4n) is 17.2. The van der Waals surface area contributed by atoms with E-state index in [1.807, 2.05) is 0 Å². The van der Waals surface area contributed by atoms with Crippen LogP contribution in [0.1, 0.15) is 221 Å². The third-order valence-electron chi connectivity index (χ3n) is 22.2. The van der Waals surface area contributed by atoms with Gasteiger partial charge in [-0.1, -0.05) is 366 Å². The minimum absolute atomic E-state index is 0.0253. The molecule has 488 valence electrons. The summed E-state index contributed by atoms with van der Waals surface area (Å²) in [7, 11) is 0. The third-order valence-corrected chi connectivity index (χ3v) is 22.2. The Labute approximate surface area is 578 Å². The SMILES string of the molecule is CCCCCCC1(C)c2cc(C)ccc2-c2ccc(C)cc21.CCCCCCC1(c2cccc(C)c2)c2cc(C)ccc2-c2ccc(C)cc21.Cc1ccc2c(c1)C(C)(C)c1cc(C)ccc1-2.Cc1cccc(C2(c3cccc(C)c3)c3cc(C)ccc3-c3ccc(C)cc32)c1. The summed E-state index contributed by atoms with van der Waals surface area (Å²) in [4.78, 5) is 0. The highest BCUT2D eigenvalue weighted by molar-refractivity contribution is 5.88. The average molecular weight is 1260 g/mol. The summed E-state index contributed by atoms with van der Waals surface area (Å²) in [5.74, 6) is 0. The molecule has 0 fully saturated rings. The van der Waals surface area contributed by atoms with Gasteiger partial charge in [-0.05, 0) is 195 Å². The molecule has 0 heterocycles. The van der Waals surface area contributed by atoms with E-state index in [2.05, 4.69) is 329 Å². The van der Waals surface area contributed by atoms with Crippen molar-refractivity contribution >= 4 is 0 Å². The zero-order chi connectivity index (χ0) is 67.8. The van der Waals surface area contributed by atoms with Crippen molar-refractivity contribution in [2.24, 2.45) is 0 Å². The van der Waals surface area contributed by atoms with E-state index in [9.17, 15) is 0 Å². The van der Waals surface area contributed by atoms with Crippen molar-refractivity contribution in [1.82, 2.24) is 0 Å². The van der Waals surface area contributed by atoms with Crippen molar-refractivity contribution < 1.29 is 0 Å². The van der Waals surface area contributed by atoms with Crippen LogP contribution in [0.3, 0.4) is 0 Å². The lowest BCUT2D eigenvalue weighted by molar-refractivity contribution is 0.486. The fraction of sp³-hybridized carbons (Fsp3) is 0.312. The second kappa shape index (κ2) is 27.5. The minimum atomic E-state index is -0.291. The van der Waals surface area contributed by atoms with Gasteiger partial charge in [0.1, 0.15) is 0 Å². The van der Waals surface area contributed by atoms with Gasteiger partial charge in [0.05, 0.1) is 5.41 Å². The van der Waals surface area contributed by atoms with Crippen LogP contribution in [0.2, 0.25) is 0 Å². The Morgan fingerprint density at radius 3 is 0.833 bits per heavy atom. The second-order valence-corrected chi connectivity index (χ2v) is 30.2. The number of unbranched alkanes of at least 4 members (excludes halogenated alkanes) is 6. The van der Waals surface area contributed by atoms with Gasteiger partial charge in [-0.3, -0.25) is 0 Å². The molecule has 0 atom stereocenters. The van der Waals surface area contributed by atoms with E-state index in [4.69, 9.17) is 0 Å². The second-order valence-electron chi connectivity index (χ2n) is 30.2. The fourth-order valence-corrected chi connectivity index (χ4v) is 17.2. The summed E-state index contributed by atoms with van der Waals surface area (Å²) in [6.45, 7) is 35.9. The van der Waals surface area contributed by atoms with Crippen LogP contribution in [0.15, 0.2) is 218 Å². The molecule has 0 heteroatoms. The van der Waals surface area contributed by atoms with Gasteiger partial charge in [0.25, 0.3) is 0 Å². The Morgan fingerprint density at radius 2 is 0.490 bits per heavy atom. The maximum absolute atomic E-state index is 2.46. The van der Waals surface area contributed by atoms with Gasteiger partial charge < -0.3 is 0 Å². The Morgan fingerprint density at radius 1 is 0.229 bits per heavy atom. The van der Waals surface area contributed by atoms with Crippen molar-refractivity contribution in [3.63, 3.8) is 0 Å². The summed E-state index contributed by atoms with van der Waals surface area (Å²) in [5, 5.41) is 0. The third kappa shape index (κ3) is 12.4. The van der Waals surface area contributed by atoms with E-state index in [1.54, 1.807) is 11.1 Å². The lowest BCUT2D eigenvalue weighted by Gasteiger charge is -2.34. The highest BCUT2D eigenvalue weighted by atomic mass is 14.5. The van der Waals surface area contributed by atoms with Crippen molar-refractivity contribution in [3.8, 4) is 44.5 Å². The van der Waals surface area contributed by atoms with Crippen molar-refractivity contribution in [3.05, 3.63) is 341 Å². The van der Waals surface area contributed by atoms with Gasteiger partial charge in [-0.15, -0.1) is 0 Å². The number of hydrogen-bond donors (Lipinski definition) is 0. The molecule has 0 N–H and O–H groups in total. The average Bonchev–Trinajstić information content (AvgIpc) is 1.56. The molecule has 0 nitrogen and oxygen atoms in total. The largest absolute Gasteiger partial charge is 0.0713 e. The molecule has 11 aromatic carbocycles. The van der Waals surface area contributed by atoms with Crippen LogP contribution in [0.4, 0.5) is 0 Å². The Balaban J connectivity index is 0.000000125. The topological polar surface area (TPSA) is 0 Å². The van der Waals surface area contributed by atoms with E-state index in [1.165, 1.54) is 220 Å². The zero-order valence-corrected chi connectivity index (χ0v) is 60.9. The smallest absolute Gasteiger partial charge is 0.0654 e. The summed E-state index contributed by atoms with van der Waals surface area (Å²) >= 11 is 0. The molecule has 0 unspecified atom stereocenters. The molecule has 4 aliphatic carbocycles. The Bertz CT molecular complexity index is 4430. The summed E-state index contributed by atoms with van der Waals surface area (Å²) in [5.41, 5.74) is 42.0.